The number of rotatable bonds is 10. The number of alkyl halides is 3. The second-order valence-corrected chi connectivity index (χ2v) is 18.1. The van der Waals surface area contributed by atoms with E-state index in [9.17, 15) is 66.4 Å². The molecule has 5 aliphatic rings. The number of hydrogen-bond donors (Lipinski definition) is 4. The van der Waals surface area contributed by atoms with Gasteiger partial charge in [0.05, 0.1) is 35.0 Å². The van der Waals surface area contributed by atoms with Crippen molar-refractivity contribution in [2.75, 3.05) is 49.1 Å². The van der Waals surface area contributed by atoms with Crippen LogP contribution in [0.4, 0.5) is 33.6 Å². The standard InChI is InChI=1S/C28H22FN5O5.C20H21FN4O5.C2HF3O/c1-30-22(14-34-26(36)17-4-2-3-5-18(17)27(34)37)15-8-10-32(11-9-15)25-21(29)12-19-23(35)20(28(38)39)13-33(16-6-7-16)24(19)31-25;21-15-7-12-16(26)14(20(29)30)9-25(11-1-2-11)17(12)23-18(15)24-5-3-10(4-6-24)13(8-22)19(27)28;3-2(4,5)1-6/h2-5,12-13,16H,6-11,14H2,(H,38,39);7,9,11H,1-6,8,22H2,(H,27,28)(H,29,30);1H. The van der Waals surface area contributed by atoms with E-state index in [1.165, 1.54) is 12.4 Å². The van der Waals surface area contributed by atoms with Crippen LogP contribution in [-0.4, -0.2) is 121 Å². The minimum atomic E-state index is -4.64. The highest BCUT2D eigenvalue weighted by Crippen LogP contribution is 2.39. The number of carboxylic acids is 3. The van der Waals surface area contributed by atoms with Crippen molar-refractivity contribution in [2.45, 2.75) is 69.6 Å². The molecule has 25 heteroatoms. The fourth-order valence-electron chi connectivity index (χ4n) is 9.19. The molecular formula is C50H44F5N9O11. The number of nitrogens with two attached hydrogens (primary N) is 1. The van der Waals surface area contributed by atoms with Gasteiger partial charge in [-0.15, -0.1) is 0 Å². The molecule has 0 radical (unpaired) electrons. The van der Waals surface area contributed by atoms with E-state index in [1.807, 2.05) is 0 Å². The number of nitrogens with zero attached hydrogens (tertiary/aromatic N) is 8. The van der Waals surface area contributed by atoms with Gasteiger partial charge in [0.25, 0.3) is 11.8 Å². The van der Waals surface area contributed by atoms with E-state index in [0.717, 1.165) is 53.9 Å². The number of piperidine rings is 2. The Hall–Kier alpha value is -8.66. The number of benzene rings is 1. The lowest BCUT2D eigenvalue weighted by atomic mass is 9.97. The SMILES string of the molecule is NCC(C(=O)O)=C1CCN(c2nc3c(cc2F)c(=O)c(C(=O)O)cn3C2CC2)CC1.O=CC(F)(F)F.[C-]#[N+]C(CN1C(=O)c2ccccc2C1=O)=C1CCN(c2nc3c(cc2F)c(=O)c(C(=O)O)cn3C2CC2)CC1. The highest BCUT2D eigenvalue weighted by molar-refractivity contribution is 6.21. The predicted octanol–water partition coefficient (Wildman–Crippen LogP) is 5.89. The number of aromatic nitrogens is 4. The van der Waals surface area contributed by atoms with Gasteiger partial charge in [0.15, 0.2) is 29.0 Å². The third-order valence-electron chi connectivity index (χ3n) is 13.3. The molecular weight excluding hydrogens is 998 g/mol. The fraction of sp³-hybridized carbons (Fsp3) is 0.340. The summed E-state index contributed by atoms with van der Waals surface area (Å²) < 4.78 is 64.7. The molecule has 75 heavy (non-hydrogen) atoms. The molecule has 10 rings (SSSR count). The number of carbonyl (C=O) groups excluding carboxylic acids is 3. The van der Waals surface area contributed by atoms with Gasteiger partial charge >= 0.3 is 24.1 Å². The maximum absolute atomic E-state index is 15.2. The lowest BCUT2D eigenvalue weighted by Crippen LogP contribution is -2.35. The lowest BCUT2D eigenvalue weighted by Gasteiger charge is -2.31. The molecule has 0 atom stereocenters. The molecule has 5 N–H and O–H groups in total. The van der Waals surface area contributed by atoms with Gasteiger partial charge in [-0.1, -0.05) is 23.3 Å². The Balaban J connectivity index is 0.000000185. The molecule has 0 spiro atoms. The van der Waals surface area contributed by atoms with Gasteiger partial charge in [-0.05, 0) is 75.6 Å². The van der Waals surface area contributed by atoms with E-state index in [2.05, 4.69) is 14.8 Å². The number of amides is 2. The maximum atomic E-state index is 15.2. The lowest BCUT2D eigenvalue weighted by molar-refractivity contribution is -0.156. The van der Waals surface area contributed by atoms with Crippen LogP contribution in [0.15, 0.2) is 80.8 Å². The van der Waals surface area contributed by atoms with Crippen LogP contribution >= 0.6 is 0 Å². The highest BCUT2D eigenvalue weighted by Gasteiger charge is 2.37. The monoisotopic (exact) mass is 1040 g/mol. The van der Waals surface area contributed by atoms with Crippen LogP contribution in [0.2, 0.25) is 0 Å². The number of aromatic carboxylic acids is 2. The molecule has 7 heterocycles. The average Bonchev–Trinajstić information content (AvgIpc) is 4.34. The molecule has 4 aromatic heterocycles. The van der Waals surface area contributed by atoms with Gasteiger partial charge < -0.3 is 40.0 Å². The van der Waals surface area contributed by atoms with Crippen LogP contribution in [0.5, 0.6) is 0 Å². The first-order valence-electron chi connectivity index (χ1n) is 23.3. The van der Waals surface area contributed by atoms with E-state index in [-0.39, 0.29) is 64.4 Å². The number of pyridine rings is 4. The molecule has 20 nitrogen and oxygen atoms in total. The molecule has 4 fully saturated rings. The van der Waals surface area contributed by atoms with Gasteiger partial charge in [-0.2, -0.15) is 13.2 Å². The zero-order valence-electron chi connectivity index (χ0n) is 39.4. The van der Waals surface area contributed by atoms with Crippen molar-refractivity contribution in [3.8, 4) is 0 Å². The molecule has 3 aliphatic heterocycles. The Morgan fingerprint density at radius 2 is 1.12 bits per heavy atom. The summed E-state index contributed by atoms with van der Waals surface area (Å²) in [6.45, 7) is 8.91. The molecule has 2 saturated carbocycles. The van der Waals surface area contributed by atoms with Gasteiger partial charge in [0.1, 0.15) is 22.4 Å². The number of fused-ring (bicyclic) bond motifs is 3. The Labute approximate surface area is 420 Å². The van der Waals surface area contributed by atoms with Crippen LogP contribution in [-0.2, 0) is 9.59 Å². The third kappa shape index (κ3) is 10.9. The number of carboxylic acid groups (broad SMARTS) is 3. The Morgan fingerprint density at radius 3 is 1.45 bits per heavy atom. The summed E-state index contributed by atoms with van der Waals surface area (Å²) in [5.41, 5.74) is 6.38. The van der Waals surface area contributed by atoms with Crippen LogP contribution in [0.1, 0.15) is 105 Å². The first-order chi connectivity index (χ1) is 35.7. The predicted molar refractivity (Wildman–Crippen MR) is 257 cm³/mol. The first kappa shape index (κ1) is 52.7. The third-order valence-corrected chi connectivity index (χ3v) is 13.3. The quantitative estimate of drug-likeness (QED) is 0.0417. The van der Waals surface area contributed by atoms with Crippen molar-refractivity contribution < 1.29 is 66.0 Å². The van der Waals surface area contributed by atoms with Gasteiger partial charge in [0, 0.05) is 62.8 Å². The van der Waals surface area contributed by atoms with Crippen LogP contribution in [0.25, 0.3) is 26.9 Å². The minimum absolute atomic E-state index is 0.0104. The van der Waals surface area contributed by atoms with Crippen molar-refractivity contribution in [1.29, 1.82) is 0 Å². The summed E-state index contributed by atoms with van der Waals surface area (Å²) in [7, 11) is 0. The maximum Gasteiger partial charge on any atom is 0.446 e. The van der Waals surface area contributed by atoms with Gasteiger partial charge in [-0.25, -0.2) is 38.0 Å². The smallest absolute Gasteiger partial charge is 0.446 e. The van der Waals surface area contributed by atoms with Crippen LogP contribution in [0, 0.1) is 18.2 Å². The number of hydrogen-bond acceptors (Lipinski definition) is 13. The molecule has 390 valence electrons. The molecule has 1 aromatic carbocycles. The Morgan fingerprint density at radius 1 is 0.720 bits per heavy atom. The van der Waals surface area contributed by atoms with Crippen molar-refractivity contribution in [1.82, 2.24) is 24.0 Å². The summed E-state index contributed by atoms with van der Waals surface area (Å²) in [6.07, 6.45) is 1.84. The molecule has 0 unspecified atom stereocenters. The number of halogens is 5. The highest BCUT2D eigenvalue weighted by atomic mass is 19.4. The largest absolute Gasteiger partial charge is 0.478 e. The second-order valence-electron chi connectivity index (χ2n) is 18.1. The number of aldehydes is 1. The van der Waals surface area contributed by atoms with Crippen molar-refractivity contribution in [2.24, 2.45) is 5.73 Å². The Bertz CT molecular complexity index is 3430. The summed E-state index contributed by atoms with van der Waals surface area (Å²) in [5.74, 6) is -5.93. The van der Waals surface area contributed by atoms with E-state index in [4.69, 9.17) is 17.1 Å². The second kappa shape index (κ2) is 21.1. The molecule has 2 aliphatic carbocycles. The number of anilines is 2. The topological polar surface area (TPSA) is 273 Å². The normalized spacial score (nSPS) is 16.4. The number of imide groups is 1. The van der Waals surface area contributed by atoms with E-state index < -0.39 is 75.8 Å². The van der Waals surface area contributed by atoms with Crippen molar-refractivity contribution in [3.63, 3.8) is 0 Å². The van der Waals surface area contributed by atoms with Crippen LogP contribution < -0.4 is 26.4 Å². The summed E-state index contributed by atoms with van der Waals surface area (Å²) in [6, 6.07) is 8.72. The van der Waals surface area contributed by atoms with E-state index in [0.29, 0.717) is 68.7 Å². The first-order valence-corrected chi connectivity index (χ1v) is 23.3. The minimum Gasteiger partial charge on any atom is -0.478 e. The van der Waals surface area contributed by atoms with Crippen molar-refractivity contribution >= 4 is 69.7 Å². The zero-order valence-corrected chi connectivity index (χ0v) is 39.4. The zero-order chi connectivity index (χ0) is 54.2. The summed E-state index contributed by atoms with van der Waals surface area (Å²) in [4.78, 5) is 111. The summed E-state index contributed by atoms with van der Waals surface area (Å²) >= 11 is 0. The number of aliphatic carboxylic acids is 1. The summed E-state index contributed by atoms with van der Waals surface area (Å²) in [5, 5.41) is 27.9. The van der Waals surface area contributed by atoms with Crippen LogP contribution in [0.3, 0.4) is 0 Å². The molecule has 2 saturated heterocycles. The molecule has 2 amide bonds. The number of carbonyl (C=O) groups is 6. The Kier molecular flexibility index (Phi) is 14.8. The van der Waals surface area contributed by atoms with E-state index in [1.54, 1.807) is 43.2 Å². The van der Waals surface area contributed by atoms with Gasteiger partial charge in [-0.3, -0.25) is 28.9 Å². The van der Waals surface area contributed by atoms with E-state index >= 15 is 4.39 Å². The fourth-order valence-corrected chi connectivity index (χ4v) is 9.19. The molecule has 5 aromatic rings. The van der Waals surface area contributed by atoms with Crippen molar-refractivity contribution in [3.05, 3.63) is 137 Å². The molecule has 0 bridgehead atoms. The average molecular weight is 1040 g/mol. The van der Waals surface area contributed by atoms with Gasteiger partial charge in [0.2, 0.25) is 17.1 Å².